The molecule has 2 N–H and O–H groups in total. The molecule has 2 nitrogen and oxygen atoms in total. The van der Waals surface area contributed by atoms with Crippen LogP contribution in [-0.4, -0.2) is 23.4 Å². The van der Waals surface area contributed by atoms with Crippen molar-refractivity contribution in [3.63, 3.8) is 0 Å². The number of aliphatic hydroxyl groups excluding tert-OH is 2. The summed E-state index contributed by atoms with van der Waals surface area (Å²) in [5.41, 5.74) is -0.776. The summed E-state index contributed by atoms with van der Waals surface area (Å²) in [5.74, 6) is -0.995. The summed E-state index contributed by atoms with van der Waals surface area (Å²) in [4.78, 5) is 0. The van der Waals surface area contributed by atoms with Gasteiger partial charge in [-0.2, -0.15) is 0 Å². The molecule has 0 aliphatic carbocycles. The summed E-state index contributed by atoms with van der Waals surface area (Å²) in [7, 11) is 0. The molecule has 0 fully saturated rings. The van der Waals surface area contributed by atoms with E-state index < -0.39 is 30.3 Å². The Bertz CT molecular complexity index is 627. The van der Waals surface area contributed by atoms with E-state index in [0.29, 0.717) is 10.0 Å². The third-order valence-corrected chi connectivity index (χ3v) is 4.09. The van der Waals surface area contributed by atoms with Crippen molar-refractivity contribution in [2.75, 3.05) is 13.2 Å². The summed E-state index contributed by atoms with van der Waals surface area (Å²) >= 11 is 3.17. The third kappa shape index (κ3) is 3.31. The number of hydrogen-bond acceptors (Lipinski definition) is 2. The molecular weight excluding hydrogens is 342 g/mol. The number of aliphatic hydroxyl groups is 2. The Kier molecular flexibility index (Phi) is 5.08. The molecule has 0 spiro atoms. The topological polar surface area (TPSA) is 40.5 Å². The van der Waals surface area contributed by atoms with Gasteiger partial charge in [0.15, 0.2) is 0 Å². The summed E-state index contributed by atoms with van der Waals surface area (Å²) in [6.45, 7) is -0.972. The van der Waals surface area contributed by atoms with E-state index in [1.807, 2.05) is 0 Å². The monoisotopic (exact) mass is 356 g/mol. The highest BCUT2D eigenvalue weighted by Gasteiger charge is 2.34. The van der Waals surface area contributed by atoms with Crippen LogP contribution in [0.3, 0.4) is 0 Å². The second-order valence-corrected chi connectivity index (χ2v) is 5.90. The SMILES string of the molecule is OCC(CO)(Cc1ccc(Br)cc1F)c1ccccc1F. The van der Waals surface area contributed by atoms with E-state index in [-0.39, 0.29) is 12.0 Å². The van der Waals surface area contributed by atoms with E-state index >= 15 is 0 Å². The van der Waals surface area contributed by atoms with E-state index in [9.17, 15) is 19.0 Å². The molecule has 0 amide bonds. The molecule has 0 bridgehead atoms. The summed E-state index contributed by atoms with van der Waals surface area (Å²) < 4.78 is 28.6. The first-order valence-corrected chi connectivity index (χ1v) is 7.22. The second kappa shape index (κ2) is 6.64. The number of benzene rings is 2. The van der Waals surface area contributed by atoms with Crippen LogP contribution in [0, 0.1) is 11.6 Å². The zero-order chi connectivity index (χ0) is 15.5. The minimum atomic E-state index is -1.26. The van der Waals surface area contributed by atoms with E-state index in [2.05, 4.69) is 15.9 Å². The fraction of sp³-hybridized carbons (Fsp3) is 0.250. The van der Waals surface area contributed by atoms with Crippen molar-refractivity contribution in [2.45, 2.75) is 11.8 Å². The molecule has 112 valence electrons. The predicted octanol–water partition coefficient (Wildman–Crippen LogP) is 3.19. The Morgan fingerprint density at radius 1 is 0.952 bits per heavy atom. The van der Waals surface area contributed by atoms with Gasteiger partial charge in [0, 0.05) is 9.89 Å². The first-order chi connectivity index (χ1) is 10.0. The molecule has 0 aliphatic heterocycles. The van der Waals surface area contributed by atoms with E-state index in [4.69, 9.17) is 0 Å². The molecule has 0 saturated heterocycles. The van der Waals surface area contributed by atoms with E-state index in [1.54, 1.807) is 18.2 Å². The fourth-order valence-corrected chi connectivity index (χ4v) is 2.68. The van der Waals surface area contributed by atoms with Gasteiger partial charge in [0.1, 0.15) is 11.6 Å². The van der Waals surface area contributed by atoms with Gasteiger partial charge in [-0.25, -0.2) is 8.78 Å². The molecular formula is C16H15BrF2O2. The van der Waals surface area contributed by atoms with E-state index in [0.717, 1.165) is 0 Å². The van der Waals surface area contributed by atoms with Crippen molar-refractivity contribution >= 4 is 15.9 Å². The van der Waals surface area contributed by atoms with E-state index in [1.165, 1.54) is 24.3 Å². The van der Waals surface area contributed by atoms with Gasteiger partial charge in [0.2, 0.25) is 0 Å². The molecule has 0 atom stereocenters. The quantitative estimate of drug-likeness (QED) is 0.863. The zero-order valence-corrected chi connectivity index (χ0v) is 12.8. The smallest absolute Gasteiger partial charge is 0.127 e. The lowest BCUT2D eigenvalue weighted by molar-refractivity contribution is 0.112. The Hall–Kier alpha value is -1.30. The Morgan fingerprint density at radius 2 is 1.62 bits per heavy atom. The highest BCUT2D eigenvalue weighted by molar-refractivity contribution is 9.10. The molecule has 2 aromatic carbocycles. The van der Waals surface area contributed by atoms with Gasteiger partial charge in [-0.1, -0.05) is 40.2 Å². The van der Waals surface area contributed by atoms with Crippen LogP contribution in [0.25, 0.3) is 0 Å². The highest BCUT2D eigenvalue weighted by atomic mass is 79.9. The Balaban J connectivity index is 2.46. The molecule has 0 saturated carbocycles. The summed E-state index contributed by atoms with van der Waals surface area (Å²) in [6, 6.07) is 10.4. The van der Waals surface area contributed by atoms with Crippen LogP contribution in [0.2, 0.25) is 0 Å². The Labute approximate surface area is 130 Å². The van der Waals surface area contributed by atoms with Gasteiger partial charge in [-0.05, 0) is 35.7 Å². The zero-order valence-electron chi connectivity index (χ0n) is 11.2. The van der Waals surface area contributed by atoms with Crippen LogP contribution in [0.1, 0.15) is 11.1 Å². The average molecular weight is 357 g/mol. The highest BCUT2D eigenvalue weighted by Crippen LogP contribution is 2.31. The van der Waals surface area contributed by atoms with Gasteiger partial charge >= 0.3 is 0 Å². The maximum atomic E-state index is 14.0. The Morgan fingerprint density at radius 3 is 2.19 bits per heavy atom. The normalized spacial score (nSPS) is 11.7. The summed E-state index contributed by atoms with van der Waals surface area (Å²) in [5, 5.41) is 19.4. The molecule has 0 aromatic heterocycles. The lowest BCUT2D eigenvalue weighted by Gasteiger charge is -2.31. The van der Waals surface area contributed by atoms with Gasteiger partial charge in [-0.15, -0.1) is 0 Å². The van der Waals surface area contributed by atoms with Crippen LogP contribution >= 0.6 is 15.9 Å². The first-order valence-electron chi connectivity index (χ1n) is 6.43. The van der Waals surface area contributed by atoms with Crippen molar-refractivity contribution in [1.29, 1.82) is 0 Å². The minimum absolute atomic E-state index is 0.0000463. The van der Waals surface area contributed by atoms with Crippen molar-refractivity contribution in [2.24, 2.45) is 0 Å². The van der Waals surface area contributed by atoms with Gasteiger partial charge in [-0.3, -0.25) is 0 Å². The average Bonchev–Trinajstić information content (AvgIpc) is 2.48. The maximum absolute atomic E-state index is 14.0. The third-order valence-electron chi connectivity index (χ3n) is 3.59. The summed E-state index contributed by atoms with van der Waals surface area (Å²) in [6.07, 6.45) is 0.0000463. The lowest BCUT2D eigenvalue weighted by atomic mass is 9.76. The molecule has 0 unspecified atom stereocenters. The number of rotatable bonds is 5. The van der Waals surface area contributed by atoms with Gasteiger partial charge in [0.25, 0.3) is 0 Å². The lowest BCUT2D eigenvalue weighted by Crippen LogP contribution is -2.38. The standard InChI is InChI=1S/C16H15BrF2O2/c17-12-6-5-11(15(19)7-12)8-16(9-20,10-21)13-3-1-2-4-14(13)18/h1-7,20-21H,8-10H2. The largest absolute Gasteiger partial charge is 0.395 e. The van der Waals surface area contributed by atoms with Crippen molar-refractivity contribution in [1.82, 2.24) is 0 Å². The molecule has 0 aliphatic rings. The molecule has 21 heavy (non-hydrogen) atoms. The molecule has 5 heteroatoms. The van der Waals surface area contributed by atoms with Crippen LogP contribution in [0.4, 0.5) is 8.78 Å². The molecule has 2 aromatic rings. The number of halogens is 3. The molecule has 2 rings (SSSR count). The maximum Gasteiger partial charge on any atom is 0.127 e. The van der Waals surface area contributed by atoms with Crippen LogP contribution in [0.5, 0.6) is 0 Å². The second-order valence-electron chi connectivity index (χ2n) is 4.99. The van der Waals surface area contributed by atoms with Crippen LogP contribution in [0.15, 0.2) is 46.9 Å². The minimum Gasteiger partial charge on any atom is -0.395 e. The fourth-order valence-electron chi connectivity index (χ4n) is 2.35. The van der Waals surface area contributed by atoms with Crippen molar-refractivity contribution in [3.8, 4) is 0 Å². The first kappa shape index (κ1) is 16.1. The molecule has 0 radical (unpaired) electrons. The van der Waals surface area contributed by atoms with Crippen LogP contribution in [-0.2, 0) is 11.8 Å². The predicted molar refractivity (Wildman–Crippen MR) is 80.1 cm³/mol. The van der Waals surface area contributed by atoms with Crippen LogP contribution < -0.4 is 0 Å². The van der Waals surface area contributed by atoms with Gasteiger partial charge < -0.3 is 10.2 Å². The van der Waals surface area contributed by atoms with Crippen molar-refractivity contribution in [3.05, 3.63) is 69.7 Å². The molecule has 0 heterocycles. The van der Waals surface area contributed by atoms with Crippen molar-refractivity contribution < 1.29 is 19.0 Å². The number of hydrogen-bond donors (Lipinski definition) is 2. The van der Waals surface area contributed by atoms with Gasteiger partial charge in [0.05, 0.1) is 13.2 Å².